The van der Waals surface area contributed by atoms with E-state index in [2.05, 4.69) is 46.8 Å². The first-order valence-electron chi connectivity index (χ1n) is 7.50. The van der Waals surface area contributed by atoms with Gasteiger partial charge in [0.1, 0.15) is 11.6 Å². The van der Waals surface area contributed by atoms with Gasteiger partial charge >= 0.3 is 0 Å². The lowest BCUT2D eigenvalue weighted by atomic mass is 10.0. The fourth-order valence-electron chi connectivity index (χ4n) is 2.78. The van der Waals surface area contributed by atoms with Crippen LogP contribution in [0.5, 0.6) is 0 Å². The lowest BCUT2D eigenvalue weighted by Gasteiger charge is -2.35. The van der Waals surface area contributed by atoms with Crippen LogP contribution in [0.4, 0.5) is 5.82 Å². The molecule has 1 aromatic heterocycles. The largest absolute Gasteiger partial charge is 0.351 e. The second-order valence-corrected chi connectivity index (χ2v) is 5.06. The van der Waals surface area contributed by atoms with Crippen molar-refractivity contribution in [1.82, 2.24) is 15.1 Å². The number of rotatable bonds is 4. The highest BCUT2D eigenvalue weighted by molar-refractivity contribution is 5.58. The summed E-state index contributed by atoms with van der Waals surface area (Å²) >= 11 is 0. The molecule has 1 saturated heterocycles. The maximum Gasteiger partial charge on any atom is 0.169 e. The normalized spacial score (nSPS) is 16.2. The molecule has 0 spiro atoms. The van der Waals surface area contributed by atoms with Crippen molar-refractivity contribution in [2.75, 3.05) is 37.6 Å². The molecule has 0 aromatic carbocycles. The molecule has 0 aliphatic carbocycles. The van der Waals surface area contributed by atoms with Crippen LogP contribution in [0.1, 0.15) is 37.6 Å². The monoisotopic (exact) mass is 273 g/mol. The van der Waals surface area contributed by atoms with Crippen LogP contribution < -0.4 is 4.90 Å². The number of nitrogens with zero attached hydrogens (tertiary/aromatic N) is 5. The Labute approximate surface area is 121 Å². The highest BCUT2D eigenvalue weighted by Crippen LogP contribution is 2.24. The Morgan fingerprint density at radius 3 is 2.25 bits per heavy atom. The van der Waals surface area contributed by atoms with Crippen molar-refractivity contribution in [3.8, 4) is 6.07 Å². The SMILES string of the molecule is CCc1nnc(N2CCN(CC)CC2)c(C#N)c1CC. The molecule has 1 aliphatic heterocycles. The van der Waals surface area contributed by atoms with Crippen molar-refractivity contribution in [1.29, 1.82) is 5.26 Å². The quantitative estimate of drug-likeness (QED) is 0.834. The van der Waals surface area contributed by atoms with Crippen LogP contribution in [0.2, 0.25) is 0 Å². The number of piperazine rings is 1. The number of nitriles is 1. The molecule has 5 heteroatoms. The van der Waals surface area contributed by atoms with Gasteiger partial charge in [-0.25, -0.2) is 0 Å². The third kappa shape index (κ3) is 2.75. The number of hydrogen-bond acceptors (Lipinski definition) is 5. The van der Waals surface area contributed by atoms with E-state index in [0.717, 1.165) is 68.2 Å². The summed E-state index contributed by atoms with van der Waals surface area (Å²) < 4.78 is 0. The molecule has 1 aromatic rings. The molecular formula is C15H23N5. The molecule has 2 heterocycles. The van der Waals surface area contributed by atoms with Gasteiger partial charge < -0.3 is 9.80 Å². The number of aromatic nitrogens is 2. The minimum absolute atomic E-state index is 0.726. The second kappa shape index (κ2) is 6.67. The van der Waals surface area contributed by atoms with E-state index in [1.54, 1.807) is 0 Å². The summed E-state index contributed by atoms with van der Waals surface area (Å²) in [5.74, 6) is 0.775. The Morgan fingerprint density at radius 2 is 1.75 bits per heavy atom. The molecule has 20 heavy (non-hydrogen) atoms. The van der Waals surface area contributed by atoms with Gasteiger partial charge in [-0.1, -0.05) is 20.8 Å². The van der Waals surface area contributed by atoms with Crippen molar-refractivity contribution in [2.24, 2.45) is 0 Å². The van der Waals surface area contributed by atoms with Crippen LogP contribution in [0.25, 0.3) is 0 Å². The fourth-order valence-corrected chi connectivity index (χ4v) is 2.78. The Hall–Kier alpha value is -1.67. The molecule has 0 radical (unpaired) electrons. The molecular weight excluding hydrogens is 250 g/mol. The average molecular weight is 273 g/mol. The third-order valence-electron chi connectivity index (χ3n) is 4.06. The molecule has 0 atom stereocenters. The topological polar surface area (TPSA) is 56.1 Å². The highest BCUT2D eigenvalue weighted by Gasteiger charge is 2.22. The maximum absolute atomic E-state index is 9.52. The molecule has 0 amide bonds. The fraction of sp³-hybridized carbons (Fsp3) is 0.667. The summed E-state index contributed by atoms with van der Waals surface area (Å²) in [6, 6.07) is 2.35. The average Bonchev–Trinajstić information content (AvgIpc) is 2.53. The van der Waals surface area contributed by atoms with Gasteiger partial charge in [-0.3, -0.25) is 0 Å². The number of anilines is 1. The smallest absolute Gasteiger partial charge is 0.169 e. The van der Waals surface area contributed by atoms with Gasteiger partial charge in [0.2, 0.25) is 0 Å². The first-order chi connectivity index (χ1) is 9.74. The van der Waals surface area contributed by atoms with E-state index in [1.807, 2.05) is 0 Å². The van der Waals surface area contributed by atoms with Crippen molar-refractivity contribution in [2.45, 2.75) is 33.6 Å². The minimum Gasteiger partial charge on any atom is -0.351 e. The standard InChI is InChI=1S/C15H23N5/c1-4-12-13(11-16)15(18-17-14(12)5-2)20-9-7-19(6-3)8-10-20/h4-10H2,1-3H3. The van der Waals surface area contributed by atoms with Crippen LogP contribution in [0.15, 0.2) is 0 Å². The predicted octanol–water partition coefficient (Wildman–Crippen LogP) is 1.61. The van der Waals surface area contributed by atoms with Crippen LogP contribution >= 0.6 is 0 Å². The highest BCUT2D eigenvalue weighted by atomic mass is 15.3. The second-order valence-electron chi connectivity index (χ2n) is 5.06. The Bertz CT molecular complexity index is 498. The Morgan fingerprint density at radius 1 is 1.05 bits per heavy atom. The van der Waals surface area contributed by atoms with E-state index in [0.29, 0.717) is 0 Å². The summed E-state index contributed by atoms with van der Waals surface area (Å²) in [5, 5.41) is 18.2. The molecule has 1 fully saturated rings. The van der Waals surface area contributed by atoms with E-state index >= 15 is 0 Å². The summed E-state index contributed by atoms with van der Waals surface area (Å²) in [6.45, 7) is 11.3. The van der Waals surface area contributed by atoms with Crippen LogP contribution in [0.3, 0.4) is 0 Å². The molecule has 0 unspecified atom stereocenters. The minimum atomic E-state index is 0.726. The predicted molar refractivity (Wildman–Crippen MR) is 79.8 cm³/mol. The van der Waals surface area contributed by atoms with Gasteiger partial charge in [0.05, 0.1) is 5.69 Å². The number of likely N-dealkylation sites (N-methyl/N-ethyl adjacent to an activating group) is 1. The molecule has 0 bridgehead atoms. The van der Waals surface area contributed by atoms with Crippen molar-refractivity contribution in [3.63, 3.8) is 0 Å². The Balaban J connectivity index is 2.31. The molecule has 1 aliphatic rings. The molecule has 108 valence electrons. The van der Waals surface area contributed by atoms with Crippen molar-refractivity contribution < 1.29 is 0 Å². The summed E-state index contributed by atoms with van der Waals surface area (Å²) in [6.07, 6.45) is 1.66. The van der Waals surface area contributed by atoms with Gasteiger partial charge in [-0.05, 0) is 24.9 Å². The van der Waals surface area contributed by atoms with E-state index in [9.17, 15) is 5.26 Å². The van der Waals surface area contributed by atoms with Crippen LogP contribution in [0, 0.1) is 11.3 Å². The first-order valence-corrected chi connectivity index (χ1v) is 7.50. The summed E-state index contributed by atoms with van der Waals surface area (Å²) in [5.41, 5.74) is 2.75. The zero-order chi connectivity index (χ0) is 14.5. The van der Waals surface area contributed by atoms with E-state index in [4.69, 9.17) is 0 Å². The van der Waals surface area contributed by atoms with Crippen molar-refractivity contribution >= 4 is 5.82 Å². The zero-order valence-electron chi connectivity index (χ0n) is 12.7. The van der Waals surface area contributed by atoms with E-state index in [-0.39, 0.29) is 0 Å². The number of hydrogen-bond donors (Lipinski definition) is 0. The third-order valence-corrected chi connectivity index (χ3v) is 4.06. The van der Waals surface area contributed by atoms with Gasteiger partial charge in [0.15, 0.2) is 5.82 Å². The summed E-state index contributed by atoms with van der Waals surface area (Å²) in [4.78, 5) is 4.62. The van der Waals surface area contributed by atoms with Gasteiger partial charge in [0.25, 0.3) is 0 Å². The lowest BCUT2D eigenvalue weighted by molar-refractivity contribution is 0.270. The Kier molecular flexibility index (Phi) is 4.91. The molecule has 0 N–H and O–H groups in total. The van der Waals surface area contributed by atoms with Crippen LogP contribution in [-0.4, -0.2) is 47.8 Å². The number of aryl methyl sites for hydroxylation is 1. The molecule has 2 rings (SSSR count). The van der Waals surface area contributed by atoms with E-state index < -0.39 is 0 Å². The van der Waals surface area contributed by atoms with E-state index in [1.165, 1.54) is 0 Å². The van der Waals surface area contributed by atoms with Crippen LogP contribution in [-0.2, 0) is 12.8 Å². The van der Waals surface area contributed by atoms with Crippen molar-refractivity contribution in [3.05, 3.63) is 16.8 Å². The lowest BCUT2D eigenvalue weighted by Crippen LogP contribution is -2.46. The molecule has 0 saturated carbocycles. The molecule has 5 nitrogen and oxygen atoms in total. The summed E-state index contributed by atoms with van der Waals surface area (Å²) in [7, 11) is 0. The van der Waals surface area contributed by atoms with Gasteiger partial charge in [-0.15, -0.1) is 5.10 Å². The van der Waals surface area contributed by atoms with Gasteiger partial charge in [-0.2, -0.15) is 10.4 Å². The zero-order valence-corrected chi connectivity index (χ0v) is 12.7. The maximum atomic E-state index is 9.52. The first kappa shape index (κ1) is 14.7. The van der Waals surface area contributed by atoms with Gasteiger partial charge in [0, 0.05) is 26.2 Å².